The van der Waals surface area contributed by atoms with Gasteiger partial charge in [0.25, 0.3) is 5.91 Å². The van der Waals surface area contributed by atoms with Crippen molar-refractivity contribution in [3.8, 4) is 5.75 Å². The van der Waals surface area contributed by atoms with E-state index in [1.54, 1.807) is 57.6 Å². The molecular weight excluding hydrogens is 739 g/mol. The molecule has 0 radical (unpaired) electrons. The molecule has 56 heavy (non-hydrogen) atoms. The smallest absolute Gasteiger partial charge is 0.410 e. The highest BCUT2D eigenvalue weighted by molar-refractivity contribution is 7.88. The average molecular weight is 796 g/mol. The van der Waals surface area contributed by atoms with Crippen molar-refractivity contribution < 1.29 is 41.8 Å². The van der Waals surface area contributed by atoms with E-state index >= 15 is 0 Å². The Bertz CT molecular complexity index is 1900. The number of carbonyl (C=O) groups is 4. The van der Waals surface area contributed by atoms with Gasteiger partial charge in [-0.15, -0.1) is 0 Å². The third kappa shape index (κ3) is 9.15. The molecule has 2 saturated heterocycles. The van der Waals surface area contributed by atoms with Crippen molar-refractivity contribution in [2.24, 2.45) is 11.8 Å². The van der Waals surface area contributed by atoms with Crippen LogP contribution in [0.5, 0.6) is 5.75 Å². The first-order valence-corrected chi connectivity index (χ1v) is 21.4. The van der Waals surface area contributed by atoms with Crippen LogP contribution in [0.15, 0.2) is 48.5 Å². The molecule has 15 heteroatoms. The molecule has 2 aromatic rings. The molecule has 3 fully saturated rings. The minimum atomic E-state index is -3.42. The van der Waals surface area contributed by atoms with Crippen molar-refractivity contribution in [1.29, 1.82) is 0 Å². The topological polar surface area (TPSA) is 155 Å². The summed E-state index contributed by atoms with van der Waals surface area (Å²) in [6.45, 7) is 10.3. The van der Waals surface area contributed by atoms with Gasteiger partial charge in [0.05, 0.1) is 29.3 Å². The second kappa shape index (κ2) is 16.0. The first-order chi connectivity index (χ1) is 26.3. The quantitative estimate of drug-likeness (QED) is 0.320. The number of likely N-dealkylation sites (tertiary alicyclic amines) is 1. The maximum Gasteiger partial charge on any atom is 0.410 e. The molecule has 0 spiro atoms. The molecule has 1 aliphatic carbocycles. The highest BCUT2D eigenvalue weighted by Crippen LogP contribution is 2.43. The standard InChI is InChI=1S/C41H57N5O9S/c1-39(2,3)55-38(50)43-26-28(35(47)42-41(30-12-9-8-10-13-30)18-21-44(22-19-41)56(7,51)52)24-29(27-43)36(48)46(31-14-15-31)32-16-17-34-33(25-32)45(20-11-23-53-6)37(49)40(4,5)54-34/h8-10,12-13,16-17,25,28-29,31H,11,14-15,18-24,26-27H2,1-7H3,(H,42,47)/t28-,29+/m0/s1. The maximum atomic E-state index is 14.9. The third-order valence-electron chi connectivity index (χ3n) is 11.1. The van der Waals surface area contributed by atoms with E-state index in [2.05, 4.69) is 5.32 Å². The number of rotatable bonds is 11. The fraction of sp³-hybridized carbons (Fsp3) is 0.610. The predicted molar refractivity (Wildman–Crippen MR) is 212 cm³/mol. The van der Waals surface area contributed by atoms with Crippen LogP contribution in [-0.4, -0.2) is 111 Å². The van der Waals surface area contributed by atoms with Gasteiger partial charge in [0, 0.05) is 58.2 Å². The highest BCUT2D eigenvalue weighted by Gasteiger charge is 2.47. The maximum absolute atomic E-state index is 14.9. The van der Waals surface area contributed by atoms with Crippen LogP contribution in [-0.2, 0) is 39.4 Å². The largest absolute Gasteiger partial charge is 0.476 e. The molecular formula is C41H57N5O9S. The fourth-order valence-corrected chi connectivity index (χ4v) is 8.91. The molecule has 2 aromatic carbocycles. The van der Waals surface area contributed by atoms with Gasteiger partial charge in [0.2, 0.25) is 21.8 Å². The zero-order valence-corrected chi connectivity index (χ0v) is 34.5. The zero-order valence-electron chi connectivity index (χ0n) is 33.7. The van der Waals surface area contributed by atoms with Gasteiger partial charge >= 0.3 is 6.09 Å². The van der Waals surface area contributed by atoms with Crippen molar-refractivity contribution >= 4 is 45.2 Å². The van der Waals surface area contributed by atoms with E-state index in [-0.39, 0.29) is 56.4 Å². The Labute approximate surface area is 330 Å². The number of amides is 4. The summed E-state index contributed by atoms with van der Waals surface area (Å²) in [4.78, 5) is 61.5. The van der Waals surface area contributed by atoms with E-state index in [1.165, 1.54) is 15.5 Å². The Morgan fingerprint density at radius 2 is 1.66 bits per heavy atom. The summed E-state index contributed by atoms with van der Waals surface area (Å²) in [7, 11) is -1.81. The third-order valence-corrected chi connectivity index (χ3v) is 12.4. The second-order valence-corrected chi connectivity index (χ2v) is 19.1. The number of carbonyl (C=O) groups excluding carboxylic acids is 4. The van der Waals surface area contributed by atoms with Crippen molar-refractivity contribution in [1.82, 2.24) is 14.5 Å². The lowest BCUT2D eigenvalue weighted by molar-refractivity contribution is -0.133. The van der Waals surface area contributed by atoms with Crippen LogP contribution in [0.25, 0.3) is 0 Å². The number of sulfonamides is 1. The lowest BCUT2D eigenvalue weighted by Gasteiger charge is -2.44. The number of methoxy groups -OCH3 is 1. The number of hydrogen-bond donors (Lipinski definition) is 1. The van der Waals surface area contributed by atoms with Gasteiger partial charge < -0.3 is 34.2 Å². The molecule has 1 N–H and O–H groups in total. The Morgan fingerprint density at radius 3 is 2.27 bits per heavy atom. The van der Waals surface area contributed by atoms with Gasteiger partial charge in [-0.2, -0.15) is 0 Å². The van der Waals surface area contributed by atoms with Gasteiger partial charge in [0.1, 0.15) is 11.4 Å². The highest BCUT2D eigenvalue weighted by atomic mass is 32.2. The minimum Gasteiger partial charge on any atom is -0.476 e. The Morgan fingerprint density at radius 1 is 1.00 bits per heavy atom. The van der Waals surface area contributed by atoms with Crippen LogP contribution in [0, 0.1) is 11.8 Å². The zero-order chi connectivity index (χ0) is 40.6. The molecule has 6 rings (SSSR count). The lowest BCUT2D eigenvalue weighted by atomic mass is 9.80. The van der Waals surface area contributed by atoms with E-state index in [0.717, 1.165) is 18.4 Å². The van der Waals surface area contributed by atoms with Crippen molar-refractivity contribution in [3.05, 3.63) is 54.1 Å². The van der Waals surface area contributed by atoms with Crippen LogP contribution in [0.2, 0.25) is 0 Å². The van der Waals surface area contributed by atoms with Crippen molar-refractivity contribution in [3.63, 3.8) is 0 Å². The summed E-state index contributed by atoms with van der Waals surface area (Å²) < 4.78 is 43.4. The van der Waals surface area contributed by atoms with E-state index in [9.17, 15) is 27.6 Å². The van der Waals surface area contributed by atoms with Crippen LogP contribution in [0.1, 0.15) is 78.7 Å². The van der Waals surface area contributed by atoms with Crippen molar-refractivity contribution in [2.75, 3.05) is 62.5 Å². The van der Waals surface area contributed by atoms with E-state index in [0.29, 0.717) is 49.5 Å². The number of fused-ring (bicyclic) bond motifs is 1. The van der Waals surface area contributed by atoms with Gasteiger partial charge in [-0.3, -0.25) is 14.4 Å². The summed E-state index contributed by atoms with van der Waals surface area (Å²) in [5, 5.41) is 3.30. The van der Waals surface area contributed by atoms with Crippen LogP contribution in [0.3, 0.4) is 0 Å². The summed E-state index contributed by atoms with van der Waals surface area (Å²) >= 11 is 0. The number of anilines is 2. The SMILES string of the molecule is COCCCN1C(=O)C(C)(C)Oc2ccc(N(C(=O)[C@@H]3C[C@H](C(=O)NC4(c5ccccc5)CCN(S(C)(=O)=O)CC4)CN(C(=O)OC(C)(C)C)C3)C3CC3)cc21. The summed E-state index contributed by atoms with van der Waals surface area (Å²) in [6.07, 6.45) is 3.69. The molecule has 2 atom stereocenters. The van der Waals surface area contributed by atoms with Gasteiger partial charge in [-0.05, 0) is 96.9 Å². The normalized spacial score (nSPS) is 22.4. The van der Waals surface area contributed by atoms with E-state index in [1.807, 2.05) is 42.5 Å². The van der Waals surface area contributed by atoms with Crippen molar-refractivity contribution in [2.45, 2.75) is 95.9 Å². The first-order valence-electron chi connectivity index (χ1n) is 19.6. The predicted octanol–water partition coefficient (Wildman–Crippen LogP) is 4.66. The second-order valence-electron chi connectivity index (χ2n) is 17.1. The number of piperidine rings is 2. The lowest BCUT2D eigenvalue weighted by Crippen LogP contribution is -2.58. The molecule has 306 valence electrons. The minimum absolute atomic E-state index is 0.0544. The Balaban J connectivity index is 1.30. The molecule has 3 aliphatic heterocycles. The molecule has 4 amide bonds. The Hall–Kier alpha value is -4.21. The number of nitrogens with zero attached hydrogens (tertiary/aromatic N) is 4. The van der Waals surface area contributed by atoms with Crippen LogP contribution in [0.4, 0.5) is 16.2 Å². The number of nitrogens with one attached hydrogen (secondary N) is 1. The number of benzene rings is 2. The summed E-state index contributed by atoms with van der Waals surface area (Å²) in [6, 6.07) is 14.9. The average Bonchev–Trinajstić information content (AvgIpc) is 3.98. The molecule has 14 nitrogen and oxygen atoms in total. The first kappa shape index (κ1) is 41.4. The number of hydrogen-bond acceptors (Lipinski definition) is 9. The summed E-state index contributed by atoms with van der Waals surface area (Å²) in [5.74, 6) is -1.67. The Kier molecular flexibility index (Phi) is 11.8. The van der Waals surface area contributed by atoms with E-state index in [4.69, 9.17) is 14.2 Å². The molecule has 0 bridgehead atoms. The fourth-order valence-electron chi connectivity index (χ4n) is 8.07. The number of ether oxygens (including phenoxy) is 3. The molecule has 4 aliphatic rings. The van der Waals surface area contributed by atoms with Gasteiger partial charge in [0.15, 0.2) is 5.60 Å². The summed E-state index contributed by atoms with van der Waals surface area (Å²) in [5.41, 5.74) is -0.669. The van der Waals surface area contributed by atoms with Crippen LogP contribution >= 0.6 is 0 Å². The van der Waals surface area contributed by atoms with Gasteiger partial charge in [-0.25, -0.2) is 17.5 Å². The molecule has 1 saturated carbocycles. The van der Waals surface area contributed by atoms with Crippen LogP contribution < -0.4 is 19.9 Å². The molecule has 3 heterocycles. The molecule has 0 unspecified atom stereocenters. The monoisotopic (exact) mass is 795 g/mol. The molecule has 0 aromatic heterocycles. The van der Waals surface area contributed by atoms with E-state index < -0.39 is 44.7 Å². The van der Waals surface area contributed by atoms with Gasteiger partial charge in [-0.1, -0.05) is 30.3 Å².